The lowest BCUT2D eigenvalue weighted by atomic mass is 9.90. The van der Waals surface area contributed by atoms with E-state index < -0.39 is 0 Å². The predicted molar refractivity (Wildman–Crippen MR) is 127 cm³/mol. The van der Waals surface area contributed by atoms with Crippen molar-refractivity contribution in [1.29, 1.82) is 0 Å². The van der Waals surface area contributed by atoms with Gasteiger partial charge in [0.2, 0.25) is 0 Å². The largest absolute Gasteiger partial charge is 0.494 e. The summed E-state index contributed by atoms with van der Waals surface area (Å²) in [4.78, 5) is 30.9. The Morgan fingerprint density at radius 1 is 0.906 bits per heavy atom. The Labute approximate surface area is 190 Å². The average molecular weight is 433 g/mol. The first-order valence-electron chi connectivity index (χ1n) is 11.5. The number of likely N-dealkylation sites (tertiary alicyclic amines) is 1. The van der Waals surface area contributed by atoms with Crippen molar-refractivity contribution >= 4 is 23.1 Å². The van der Waals surface area contributed by atoms with Crippen LogP contribution in [0, 0.1) is 25.7 Å². The summed E-state index contributed by atoms with van der Waals surface area (Å²) >= 11 is 0. The minimum atomic E-state index is -0.261. The molecule has 4 rings (SSSR count). The van der Waals surface area contributed by atoms with Gasteiger partial charge in [-0.15, -0.1) is 0 Å². The second-order valence-electron chi connectivity index (χ2n) is 9.25. The Hall–Kier alpha value is -3.08. The van der Waals surface area contributed by atoms with Gasteiger partial charge >= 0.3 is 0 Å². The number of ether oxygens (including phenoxy) is 1. The number of hydrogen-bond donors (Lipinski definition) is 0. The maximum absolute atomic E-state index is 13.7. The highest BCUT2D eigenvalue weighted by atomic mass is 16.5. The molecular formula is C27H32N2O3. The molecule has 2 aliphatic rings. The van der Waals surface area contributed by atoms with Gasteiger partial charge < -0.3 is 9.64 Å². The molecule has 5 heteroatoms. The Morgan fingerprint density at radius 3 is 2.16 bits per heavy atom. The van der Waals surface area contributed by atoms with Crippen molar-refractivity contribution in [3.8, 4) is 5.75 Å². The number of carbonyl (C=O) groups excluding carboxylic acids is 2. The quantitative estimate of drug-likeness (QED) is 0.627. The van der Waals surface area contributed by atoms with E-state index in [0.717, 1.165) is 42.0 Å². The van der Waals surface area contributed by atoms with Gasteiger partial charge in [0.1, 0.15) is 11.4 Å². The maximum Gasteiger partial charge on any atom is 0.282 e. The van der Waals surface area contributed by atoms with E-state index in [1.807, 2.05) is 32.0 Å². The monoisotopic (exact) mass is 432 g/mol. The van der Waals surface area contributed by atoms with Gasteiger partial charge in [-0.2, -0.15) is 0 Å². The van der Waals surface area contributed by atoms with E-state index in [1.165, 1.54) is 4.90 Å². The van der Waals surface area contributed by atoms with Crippen molar-refractivity contribution in [2.75, 3.05) is 24.6 Å². The van der Waals surface area contributed by atoms with E-state index in [1.54, 1.807) is 24.3 Å². The summed E-state index contributed by atoms with van der Waals surface area (Å²) in [7, 11) is 0. The number of hydrogen-bond acceptors (Lipinski definition) is 4. The summed E-state index contributed by atoms with van der Waals surface area (Å²) < 4.78 is 5.52. The van der Waals surface area contributed by atoms with Gasteiger partial charge in [-0.05, 0) is 80.0 Å². The second-order valence-corrected chi connectivity index (χ2v) is 9.25. The molecule has 1 fully saturated rings. The van der Waals surface area contributed by atoms with Crippen molar-refractivity contribution in [3.05, 3.63) is 64.9 Å². The van der Waals surface area contributed by atoms with Gasteiger partial charge in [-0.3, -0.25) is 9.59 Å². The van der Waals surface area contributed by atoms with Crippen molar-refractivity contribution in [2.24, 2.45) is 11.8 Å². The van der Waals surface area contributed by atoms with Crippen molar-refractivity contribution in [1.82, 2.24) is 4.90 Å². The fourth-order valence-electron chi connectivity index (χ4n) is 4.91. The molecule has 0 radical (unpaired) electrons. The Balaban J connectivity index is 1.80. The summed E-state index contributed by atoms with van der Waals surface area (Å²) in [5.74, 6) is 1.15. The molecule has 0 aliphatic carbocycles. The molecular weight excluding hydrogens is 400 g/mol. The Kier molecular flexibility index (Phi) is 6.09. The molecule has 2 aliphatic heterocycles. The number of anilines is 1. The summed E-state index contributed by atoms with van der Waals surface area (Å²) in [5, 5.41) is 0. The zero-order valence-corrected chi connectivity index (χ0v) is 19.6. The topological polar surface area (TPSA) is 49.9 Å². The molecule has 0 saturated carbocycles. The first kappa shape index (κ1) is 22.1. The van der Waals surface area contributed by atoms with E-state index in [9.17, 15) is 9.59 Å². The molecule has 32 heavy (non-hydrogen) atoms. The normalized spacial score (nSPS) is 21.5. The van der Waals surface area contributed by atoms with Crippen LogP contribution in [-0.4, -0.2) is 36.4 Å². The number of nitrogens with zero attached hydrogens (tertiary/aromatic N) is 2. The van der Waals surface area contributed by atoms with Gasteiger partial charge in [0.15, 0.2) is 0 Å². The molecule has 0 spiro atoms. The summed E-state index contributed by atoms with van der Waals surface area (Å²) in [6.07, 6.45) is 1.13. The van der Waals surface area contributed by atoms with E-state index in [2.05, 4.69) is 25.7 Å². The van der Waals surface area contributed by atoms with Gasteiger partial charge in [0.05, 0.1) is 17.9 Å². The zero-order chi connectivity index (χ0) is 23.0. The first-order chi connectivity index (χ1) is 15.3. The van der Waals surface area contributed by atoms with Crippen molar-refractivity contribution in [3.63, 3.8) is 0 Å². The minimum absolute atomic E-state index is 0.242. The summed E-state index contributed by atoms with van der Waals surface area (Å²) in [6.45, 7) is 12.6. The van der Waals surface area contributed by atoms with Crippen LogP contribution >= 0.6 is 0 Å². The molecule has 2 heterocycles. The average Bonchev–Trinajstić information content (AvgIpc) is 3.00. The highest BCUT2D eigenvalue weighted by Gasteiger charge is 2.43. The molecule has 0 aromatic heterocycles. The van der Waals surface area contributed by atoms with Crippen molar-refractivity contribution in [2.45, 2.75) is 41.0 Å². The number of imide groups is 1. The molecule has 2 aromatic rings. The van der Waals surface area contributed by atoms with Gasteiger partial charge in [0.25, 0.3) is 11.8 Å². The summed E-state index contributed by atoms with van der Waals surface area (Å²) in [5.41, 5.74) is 4.68. The molecule has 5 nitrogen and oxygen atoms in total. The lowest BCUT2D eigenvalue weighted by Gasteiger charge is -2.37. The fraction of sp³-hybridized carbons (Fsp3) is 0.407. The van der Waals surface area contributed by atoms with E-state index >= 15 is 0 Å². The molecule has 0 bridgehead atoms. The van der Waals surface area contributed by atoms with Crippen LogP contribution in [-0.2, 0) is 9.59 Å². The molecule has 168 valence electrons. The van der Waals surface area contributed by atoms with E-state index in [-0.39, 0.29) is 11.8 Å². The molecule has 2 unspecified atom stereocenters. The van der Waals surface area contributed by atoms with Crippen LogP contribution < -0.4 is 9.64 Å². The van der Waals surface area contributed by atoms with Crippen LogP contribution in [0.4, 0.5) is 5.69 Å². The lowest BCUT2D eigenvalue weighted by molar-refractivity contribution is -0.120. The van der Waals surface area contributed by atoms with Crippen LogP contribution in [0.15, 0.2) is 48.2 Å². The number of piperidine rings is 1. The minimum Gasteiger partial charge on any atom is -0.494 e. The number of aryl methyl sites for hydroxylation is 2. The van der Waals surface area contributed by atoms with Gasteiger partial charge in [-0.1, -0.05) is 32.0 Å². The highest BCUT2D eigenvalue weighted by molar-refractivity contribution is 6.45. The third-order valence-electron chi connectivity index (χ3n) is 6.45. The zero-order valence-electron chi connectivity index (χ0n) is 19.6. The summed E-state index contributed by atoms with van der Waals surface area (Å²) in [6, 6.07) is 13.2. The number of benzene rings is 2. The number of carbonyl (C=O) groups is 2. The third kappa shape index (κ3) is 4.04. The lowest BCUT2D eigenvalue weighted by Crippen LogP contribution is -2.42. The Morgan fingerprint density at radius 2 is 1.56 bits per heavy atom. The van der Waals surface area contributed by atoms with Crippen LogP contribution in [0.1, 0.15) is 43.9 Å². The molecule has 2 atom stereocenters. The van der Waals surface area contributed by atoms with Crippen LogP contribution in [0.2, 0.25) is 0 Å². The van der Waals surface area contributed by atoms with Crippen LogP contribution in [0.3, 0.4) is 0 Å². The highest BCUT2D eigenvalue weighted by Crippen LogP contribution is 2.38. The third-order valence-corrected chi connectivity index (χ3v) is 6.45. The number of rotatable bonds is 5. The standard InChI is InChI=1S/C27H32N2O3/c1-6-32-23-11-9-22(10-12-23)29-26(30)24(21-8-7-19(4)20(5)14-21)25(27(29)31)28-15-17(2)13-18(3)16-28/h7-12,14,17-18H,6,13,15-16H2,1-5H3. The van der Waals surface area contributed by atoms with Gasteiger partial charge in [0, 0.05) is 13.1 Å². The predicted octanol–water partition coefficient (Wildman–Crippen LogP) is 4.96. The van der Waals surface area contributed by atoms with Gasteiger partial charge in [-0.25, -0.2) is 4.90 Å². The van der Waals surface area contributed by atoms with E-state index in [4.69, 9.17) is 4.74 Å². The van der Waals surface area contributed by atoms with Crippen molar-refractivity contribution < 1.29 is 14.3 Å². The molecule has 2 aromatic carbocycles. The van der Waals surface area contributed by atoms with Crippen LogP contribution in [0.5, 0.6) is 5.75 Å². The molecule has 2 amide bonds. The molecule has 1 saturated heterocycles. The molecule has 0 N–H and O–H groups in total. The number of amides is 2. The smallest absolute Gasteiger partial charge is 0.282 e. The SMILES string of the molecule is CCOc1ccc(N2C(=O)C(c3ccc(C)c(C)c3)=C(N3CC(C)CC(C)C3)C2=O)cc1. The Bertz CT molecular complexity index is 1060. The second kappa shape index (κ2) is 8.81. The fourth-order valence-corrected chi connectivity index (χ4v) is 4.91. The maximum atomic E-state index is 13.7. The van der Waals surface area contributed by atoms with Crippen LogP contribution in [0.25, 0.3) is 5.57 Å². The van der Waals surface area contributed by atoms with E-state index in [0.29, 0.717) is 35.4 Å². The first-order valence-corrected chi connectivity index (χ1v) is 11.5.